The largest absolute Gasteiger partial charge is 0.424 e. The number of rotatable bonds is 6. The van der Waals surface area contributed by atoms with Crippen LogP contribution in [0.2, 0.25) is 0 Å². The molecular weight excluding hydrogens is 406 g/mol. The smallest absolute Gasteiger partial charge is 0.226 e. The summed E-state index contributed by atoms with van der Waals surface area (Å²) in [6, 6.07) is 9.25. The second-order valence-corrected chi connectivity index (χ2v) is 10.7. The summed E-state index contributed by atoms with van der Waals surface area (Å²) in [4.78, 5) is 0. The molecule has 0 saturated heterocycles. The van der Waals surface area contributed by atoms with Crippen LogP contribution in [0.15, 0.2) is 33.8 Å². The van der Waals surface area contributed by atoms with E-state index in [4.69, 9.17) is 4.42 Å². The Labute approximate surface area is 189 Å². The first-order chi connectivity index (χ1) is 14.8. The Hall–Kier alpha value is -2.15. The highest BCUT2D eigenvalue weighted by molar-refractivity contribution is 7.98. The highest BCUT2D eigenvalue weighted by Crippen LogP contribution is 2.37. The zero-order valence-electron chi connectivity index (χ0n) is 19.3. The zero-order chi connectivity index (χ0) is 22.0. The topological polar surface area (TPSA) is 69.6 Å². The van der Waals surface area contributed by atoms with Crippen molar-refractivity contribution in [1.29, 1.82) is 0 Å². The zero-order valence-corrected chi connectivity index (χ0v) is 20.1. The molecule has 3 aromatic rings. The lowest BCUT2D eigenvalue weighted by Crippen LogP contribution is -2.15. The van der Waals surface area contributed by atoms with Gasteiger partial charge in [0.15, 0.2) is 11.0 Å². The van der Waals surface area contributed by atoms with E-state index in [9.17, 15) is 0 Å². The Morgan fingerprint density at radius 3 is 2.32 bits per heavy atom. The second-order valence-electron chi connectivity index (χ2n) is 9.77. The summed E-state index contributed by atoms with van der Waals surface area (Å²) in [6.45, 7) is 10.8. The molecule has 0 amide bonds. The van der Waals surface area contributed by atoms with Crippen LogP contribution in [-0.2, 0) is 11.2 Å². The molecule has 166 valence electrons. The molecule has 2 aromatic heterocycles. The van der Waals surface area contributed by atoms with E-state index >= 15 is 0 Å². The normalized spacial score (nSPS) is 15.7. The molecule has 2 heterocycles. The lowest BCUT2D eigenvalue weighted by atomic mass is 9.86. The minimum atomic E-state index is 0.134. The van der Waals surface area contributed by atoms with Crippen molar-refractivity contribution in [2.75, 3.05) is 0 Å². The Bertz CT molecular complexity index is 994. The SMILES string of the molecule is CC(C)c1nnc(CSc2nnc(-c3ccc(C(C)(C)C)cc3)n2C2CCCCC2)o1. The van der Waals surface area contributed by atoms with Crippen LogP contribution in [0.1, 0.15) is 96.0 Å². The lowest BCUT2D eigenvalue weighted by molar-refractivity contribution is 0.339. The molecule has 0 radical (unpaired) electrons. The first kappa shape index (κ1) is 22.1. The van der Waals surface area contributed by atoms with Crippen LogP contribution in [0, 0.1) is 0 Å². The van der Waals surface area contributed by atoms with Crippen molar-refractivity contribution in [2.24, 2.45) is 0 Å². The van der Waals surface area contributed by atoms with Gasteiger partial charge in [-0.05, 0) is 23.8 Å². The Morgan fingerprint density at radius 2 is 1.71 bits per heavy atom. The van der Waals surface area contributed by atoms with Gasteiger partial charge in [-0.15, -0.1) is 20.4 Å². The fourth-order valence-corrected chi connectivity index (χ4v) is 4.89. The van der Waals surface area contributed by atoms with Gasteiger partial charge < -0.3 is 4.42 Å². The molecule has 31 heavy (non-hydrogen) atoms. The Balaban J connectivity index is 1.62. The van der Waals surface area contributed by atoms with Crippen LogP contribution in [0.25, 0.3) is 11.4 Å². The number of nitrogens with zero attached hydrogens (tertiary/aromatic N) is 5. The van der Waals surface area contributed by atoms with Gasteiger partial charge in [-0.1, -0.05) is 89.9 Å². The summed E-state index contributed by atoms with van der Waals surface area (Å²) < 4.78 is 8.14. The minimum absolute atomic E-state index is 0.134. The predicted molar refractivity (Wildman–Crippen MR) is 124 cm³/mol. The first-order valence-electron chi connectivity index (χ1n) is 11.3. The summed E-state index contributed by atoms with van der Waals surface area (Å²) in [5.74, 6) is 3.13. The third-order valence-corrected chi connectivity index (χ3v) is 6.84. The molecule has 0 N–H and O–H groups in total. The van der Waals surface area contributed by atoms with Gasteiger partial charge in [0.05, 0.1) is 5.75 Å². The minimum Gasteiger partial charge on any atom is -0.424 e. The molecule has 1 saturated carbocycles. The standard InChI is InChI=1S/C24H33N5OS/c1-16(2)22-27-25-20(30-22)15-31-23-28-26-21(29(23)19-9-7-6-8-10-19)17-11-13-18(14-12-17)24(3,4)5/h11-14,16,19H,6-10,15H2,1-5H3. The van der Waals surface area contributed by atoms with Crippen molar-refractivity contribution in [3.05, 3.63) is 41.6 Å². The van der Waals surface area contributed by atoms with E-state index in [-0.39, 0.29) is 11.3 Å². The third kappa shape index (κ3) is 5.03. The summed E-state index contributed by atoms with van der Waals surface area (Å²) in [5.41, 5.74) is 2.58. The van der Waals surface area contributed by atoms with Crippen molar-refractivity contribution >= 4 is 11.8 Å². The van der Waals surface area contributed by atoms with Crippen molar-refractivity contribution in [1.82, 2.24) is 25.0 Å². The number of benzene rings is 1. The van der Waals surface area contributed by atoms with Gasteiger partial charge in [-0.25, -0.2) is 0 Å². The molecule has 1 aromatic carbocycles. The quantitative estimate of drug-likeness (QED) is 0.406. The monoisotopic (exact) mass is 439 g/mol. The molecule has 7 heteroatoms. The maximum absolute atomic E-state index is 5.79. The molecule has 0 spiro atoms. The molecule has 6 nitrogen and oxygen atoms in total. The molecule has 0 unspecified atom stereocenters. The number of aromatic nitrogens is 5. The average Bonchev–Trinajstić information content (AvgIpc) is 3.39. The van der Waals surface area contributed by atoms with E-state index in [0.717, 1.165) is 16.5 Å². The fourth-order valence-electron chi connectivity index (χ4n) is 4.04. The summed E-state index contributed by atoms with van der Waals surface area (Å²) >= 11 is 1.63. The van der Waals surface area contributed by atoms with Gasteiger partial charge >= 0.3 is 0 Å². The van der Waals surface area contributed by atoms with Crippen LogP contribution in [0.5, 0.6) is 0 Å². The van der Waals surface area contributed by atoms with Crippen molar-refractivity contribution in [3.8, 4) is 11.4 Å². The molecule has 0 bridgehead atoms. The van der Waals surface area contributed by atoms with Crippen molar-refractivity contribution in [3.63, 3.8) is 0 Å². The van der Waals surface area contributed by atoms with Gasteiger partial charge in [0, 0.05) is 17.5 Å². The fraction of sp³-hybridized carbons (Fsp3) is 0.583. The van der Waals surface area contributed by atoms with Crippen LogP contribution >= 0.6 is 11.8 Å². The number of hydrogen-bond acceptors (Lipinski definition) is 6. The number of thioether (sulfide) groups is 1. The van der Waals surface area contributed by atoms with Crippen LogP contribution in [-0.4, -0.2) is 25.0 Å². The average molecular weight is 440 g/mol. The van der Waals surface area contributed by atoms with E-state index in [0.29, 0.717) is 23.6 Å². The maximum atomic E-state index is 5.79. The van der Waals surface area contributed by atoms with Crippen LogP contribution in [0.4, 0.5) is 0 Å². The van der Waals surface area contributed by atoms with E-state index in [1.54, 1.807) is 11.8 Å². The molecule has 4 rings (SSSR count). The molecule has 0 atom stereocenters. The molecule has 1 aliphatic carbocycles. The van der Waals surface area contributed by atoms with E-state index < -0.39 is 0 Å². The van der Waals surface area contributed by atoms with Gasteiger partial charge in [-0.2, -0.15) is 0 Å². The predicted octanol–water partition coefficient (Wildman–Crippen LogP) is 6.55. The van der Waals surface area contributed by atoms with Gasteiger partial charge in [0.2, 0.25) is 11.8 Å². The molecule has 1 aliphatic rings. The molecule has 0 aliphatic heterocycles. The third-order valence-electron chi connectivity index (χ3n) is 5.91. The van der Waals surface area contributed by atoms with Gasteiger partial charge in [0.1, 0.15) is 0 Å². The van der Waals surface area contributed by atoms with Gasteiger partial charge in [0.25, 0.3) is 0 Å². The highest BCUT2D eigenvalue weighted by atomic mass is 32.2. The molecular formula is C24H33N5OS. The maximum Gasteiger partial charge on any atom is 0.226 e. The summed E-state index contributed by atoms with van der Waals surface area (Å²) in [7, 11) is 0. The summed E-state index contributed by atoms with van der Waals surface area (Å²) in [5, 5.41) is 18.5. The van der Waals surface area contributed by atoms with Gasteiger partial charge in [-0.3, -0.25) is 4.57 Å². The number of hydrogen-bond donors (Lipinski definition) is 0. The van der Waals surface area contributed by atoms with Crippen molar-refractivity contribution in [2.45, 2.75) is 95.0 Å². The van der Waals surface area contributed by atoms with E-state index in [1.807, 2.05) is 0 Å². The van der Waals surface area contributed by atoms with Crippen molar-refractivity contribution < 1.29 is 4.42 Å². The lowest BCUT2D eigenvalue weighted by Gasteiger charge is -2.26. The Kier molecular flexibility index (Phi) is 6.51. The van der Waals surface area contributed by atoms with E-state index in [1.165, 1.54) is 37.7 Å². The second kappa shape index (κ2) is 9.15. The molecule has 1 fully saturated rings. The first-order valence-corrected chi connectivity index (χ1v) is 12.3. The van der Waals surface area contributed by atoms with Crippen LogP contribution in [0.3, 0.4) is 0 Å². The van der Waals surface area contributed by atoms with Crippen LogP contribution < -0.4 is 0 Å². The Morgan fingerprint density at radius 1 is 1.00 bits per heavy atom. The summed E-state index contributed by atoms with van der Waals surface area (Å²) in [6.07, 6.45) is 6.19. The van der Waals surface area contributed by atoms with E-state index in [2.05, 4.69) is 83.8 Å². The highest BCUT2D eigenvalue weighted by Gasteiger charge is 2.25.